The number of rotatable bonds is 4. The first kappa shape index (κ1) is 19.6. The molecule has 0 atom stereocenters. The van der Waals surface area contributed by atoms with Crippen molar-refractivity contribution in [2.75, 3.05) is 10.6 Å². The van der Waals surface area contributed by atoms with Gasteiger partial charge in [-0.1, -0.05) is 30.3 Å². The number of carbonyl (C=O) groups excluding carboxylic acids is 2. The van der Waals surface area contributed by atoms with Crippen LogP contribution in [0.5, 0.6) is 0 Å². The van der Waals surface area contributed by atoms with E-state index in [4.69, 9.17) is 5.26 Å². The maximum absolute atomic E-state index is 12.8. The van der Waals surface area contributed by atoms with Crippen molar-refractivity contribution < 1.29 is 9.59 Å². The van der Waals surface area contributed by atoms with Gasteiger partial charge in [0.2, 0.25) is 5.56 Å². The molecule has 1 aromatic heterocycles. The van der Waals surface area contributed by atoms with E-state index in [0.29, 0.717) is 33.4 Å². The van der Waals surface area contributed by atoms with Crippen LogP contribution in [0.15, 0.2) is 83.7 Å². The highest BCUT2D eigenvalue weighted by atomic mass is 16.2. The molecular weight excluding hydrogens is 392 g/mol. The van der Waals surface area contributed by atoms with E-state index >= 15 is 0 Å². The Kier molecular flexibility index (Phi) is 5.28. The van der Waals surface area contributed by atoms with E-state index in [0.717, 1.165) is 0 Å². The zero-order chi connectivity index (χ0) is 21.8. The zero-order valence-corrected chi connectivity index (χ0v) is 16.2. The number of benzene rings is 3. The van der Waals surface area contributed by atoms with Crippen molar-refractivity contribution >= 4 is 34.1 Å². The molecule has 4 aromatic rings. The van der Waals surface area contributed by atoms with Crippen molar-refractivity contribution in [1.82, 2.24) is 4.98 Å². The smallest absolute Gasteiger partial charge is 0.256 e. The van der Waals surface area contributed by atoms with Crippen molar-refractivity contribution in [2.45, 2.75) is 0 Å². The average Bonchev–Trinajstić information content (AvgIpc) is 2.78. The van der Waals surface area contributed by atoms with Gasteiger partial charge in [0.15, 0.2) is 0 Å². The van der Waals surface area contributed by atoms with Gasteiger partial charge in [0.25, 0.3) is 11.8 Å². The van der Waals surface area contributed by atoms with Crippen molar-refractivity contribution in [3.8, 4) is 6.07 Å². The summed E-state index contributed by atoms with van der Waals surface area (Å²) >= 11 is 0. The first-order valence-corrected chi connectivity index (χ1v) is 9.38. The van der Waals surface area contributed by atoms with Gasteiger partial charge in [-0.15, -0.1) is 0 Å². The Morgan fingerprint density at radius 1 is 0.806 bits per heavy atom. The second-order valence-corrected chi connectivity index (χ2v) is 6.77. The Bertz CT molecular complexity index is 1420. The van der Waals surface area contributed by atoms with Gasteiger partial charge in [-0.3, -0.25) is 14.4 Å². The normalized spacial score (nSPS) is 10.3. The molecule has 7 nitrogen and oxygen atoms in total. The molecule has 3 aromatic carbocycles. The lowest BCUT2D eigenvalue weighted by molar-refractivity contribution is 0.101. The summed E-state index contributed by atoms with van der Waals surface area (Å²) in [7, 11) is 0. The van der Waals surface area contributed by atoms with E-state index in [1.807, 2.05) is 6.07 Å². The molecule has 0 aliphatic rings. The number of hydrogen-bond acceptors (Lipinski definition) is 4. The Labute approximate surface area is 177 Å². The summed E-state index contributed by atoms with van der Waals surface area (Å²) in [5.74, 6) is -0.839. The van der Waals surface area contributed by atoms with Gasteiger partial charge in [-0.2, -0.15) is 5.26 Å². The lowest BCUT2D eigenvalue weighted by Gasteiger charge is -2.10. The molecule has 7 heteroatoms. The Balaban J connectivity index is 1.56. The third kappa shape index (κ3) is 4.33. The van der Waals surface area contributed by atoms with Crippen molar-refractivity contribution in [1.29, 1.82) is 5.26 Å². The molecular formula is C24H16N4O3. The van der Waals surface area contributed by atoms with Crippen LogP contribution in [0.2, 0.25) is 0 Å². The van der Waals surface area contributed by atoms with Gasteiger partial charge < -0.3 is 15.6 Å². The molecule has 0 aliphatic carbocycles. The summed E-state index contributed by atoms with van der Waals surface area (Å²) in [5.41, 5.74) is 2.09. The second-order valence-electron chi connectivity index (χ2n) is 6.77. The summed E-state index contributed by atoms with van der Waals surface area (Å²) in [5, 5.41) is 15.1. The third-order valence-electron chi connectivity index (χ3n) is 4.63. The Morgan fingerprint density at radius 2 is 1.52 bits per heavy atom. The largest absolute Gasteiger partial charge is 0.322 e. The highest BCUT2D eigenvalue weighted by Crippen LogP contribution is 2.18. The number of nitrogens with zero attached hydrogens (tertiary/aromatic N) is 1. The average molecular weight is 408 g/mol. The molecule has 2 amide bonds. The number of pyridine rings is 1. The van der Waals surface area contributed by atoms with Crippen LogP contribution in [-0.2, 0) is 0 Å². The molecule has 1 heterocycles. The van der Waals surface area contributed by atoms with Gasteiger partial charge in [0.1, 0.15) is 0 Å². The highest BCUT2D eigenvalue weighted by molar-refractivity contribution is 6.12. The lowest BCUT2D eigenvalue weighted by atomic mass is 10.1. The highest BCUT2D eigenvalue weighted by Gasteiger charge is 2.13. The number of nitriles is 1. The van der Waals surface area contributed by atoms with Crippen molar-refractivity contribution in [2.24, 2.45) is 0 Å². The summed E-state index contributed by atoms with van der Waals surface area (Å²) < 4.78 is 0. The minimum absolute atomic E-state index is 0.238. The van der Waals surface area contributed by atoms with Gasteiger partial charge >= 0.3 is 0 Å². The molecule has 0 fully saturated rings. The number of nitrogens with one attached hydrogen (secondary N) is 3. The number of hydrogen-bond donors (Lipinski definition) is 3. The molecule has 150 valence electrons. The molecule has 4 rings (SSSR count). The van der Waals surface area contributed by atoms with Crippen LogP contribution in [-0.4, -0.2) is 16.8 Å². The predicted octanol–water partition coefficient (Wildman–Crippen LogP) is 3.90. The van der Waals surface area contributed by atoms with Crippen LogP contribution in [0.3, 0.4) is 0 Å². The molecule has 0 radical (unpaired) electrons. The summed E-state index contributed by atoms with van der Waals surface area (Å²) in [6, 6.07) is 23.3. The van der Waals surface area contributed by atoms with Crippen molar-refractivity contribution in [3.63, 3.8) is 0 Å². The van der Waals surface area contributed by atoms with Gasteiger partial charge in [0, 0.05) is 33.9 Å². The standard InChI is InChI=1S/C24H16N4O3/c25-14-15-5-3-7-17(11-15)26-23(30)16-6-4-8-18(12-16)27-24(31)20-13-22(29)28-21-10-2-1-9-19(20)21/h1-13H,(H,26,30)(H,27,31)(H,28,29). The molecule has 3 N–H and O–H groups in total. The number of anilines is 2. The van der Waals surface area contributed by atoms with Gasteiger partial charge in [-0.05, 0) is 42.5 Å². The maximum atomic E-state index is 12.8. The number of carbonyl (C=O) groups is 2. The van der Waals surface area contributed by atoms with E-state index in [1.165, 1.54) is 12.1 Å². The van der Waals surface area contributed by atoms with E-state index < -0.39 is 5.91 Å². The van der Waals surface area contributed by atoms with Crippen molar-refractivity contribution in [3.05, 3.63) is 106 Å². The van der Waals surface area contributed by atoms with E-state index in [1.54, 1.807) is 66.7 Å². The second kappa shape index (κ2) is 8.35. The monoisotopic (exact) mass is 408 g/mol. The molecule has 0 saturated heterocycles. The Hall–Kier alpha value is -4.70. The maximum Gasteiger partial charge on any atom is 0.256 e. The van der Waals surface area contributed by atoms with Crippen LogP contribution >= 0.6 is 0 Å². The molecule has 31 heavy (non-hydrogen) atoms. The SMILES string of the molecule is N#Cc1cccc(NC(=O)c2cccc(NC(=O)c3cc(=O)[nH]c4ccccc34)c2)c1. The van der Waals surface area contributed by atoms with Crippen LogP contribution in [0.25, 0.3) is 10.9 Å². The fourth-order valence-corrected chi connectivity index (χ4v) is 3.20. The Morgan fingerprint density at radius 3 is 2.32 bits per heavy atom. The minimum atomic E-state index is -0.457. The van der Waals surface area contributed by atoms with Crippen LogP contribution in [0, 0.1) is 11.3 Å². The van der Waals surface area contributed by atoms with E-state index in [9.17, 15) is 14.4 Å². The van der Waals surface area contributed by atoms with Crippen LogP contribution < -0.4 is 16.2 Å². The molecule has 0 bridgehead atoms. The molecule has 0 aliphatic heterocycles. The summed E-state index contributed by atoms with van der Waals surface area (Å²) in [6.07, 6.45) is 0. The summed E-state index contributed by atoms with van der Waals surface area (Å²) in [4.78, 5) is 40.0. The summed E-state index contributed by atoms with van der Waals surface area (Å²) in [6.45, 7) is 0. The quantitative estimate of drug-likeness (QED) is 0.475. The number of aromatic nitrogens is 1. The lowest BCUT2D eigenvalue weighted by Crippen LogP contribution is -2.17. The van der Waals surface area contributed by atoms with E-state index in [-0.39, 0.29) is 17.0 Å². The number of fused-ring (bicyclic) bond motifs is 1. The predicted molar refractivity (Wildman–Crippen MR) is 118 cm³/mol. The van der Waals surface area contributed by atoms with Crippen LogP contribution in [0.4, 0.5) is 11.4 Å². The van der Waals surface area contributed by atoms with Gasteiger partial charge in [0.05, 0.1) is 17.2 Å². The minimum Gasteiger partial charge on any atom is -0.322 e. The first-order chi connectivity index (χ1) is 15.0. The fraction of sp³-hybridized carbons (Fsp3) is 0. The topological polar surface area (TPSA) is 115 Å². The number of para-hydroxylation sites is 1. The number of amides is 2. The first-order valence-electron chi connectivity index (χ1n) is 9.38. The fourth-order valence-electron chi connectivity index (χ4n) is 3.20. The zero-order valence-electron chi connectivity index (χ0n) is 16.2. The number of aromatic amines is 1. The third-order valence-corrected chi connectivity index (χ3v) is 4.63. The van der Waals surface area contributed by atoms with Crippen LogP contribution in [0.1, 0.15) is 26.3 Å². The number of H-pyrrole nitrogens is 1. The molecule has 0 unspecified atom stereocenters. The van der Waals surface area contributed by atoms with Gasteiger partial charge in [-0.25, -0.2) is 0 Å². The van der Waals surface area contributed by atoms with E-state index in [2.05, 4.69) is 15.6 Å². The molecule has 0 saturated carbocycles. The molecule has 0 spiro atoms.